The molecule has 0 aliphatic carbocycles. The summed E-state index contributed by atoms with van der Waals surface area (Å²) >= 11 is 0. The van der Waals surface area contributed by atoms with Crippen molar-refractivity contribution in [1.82, 2.24) is 15.2 Å². The van der Waals surface area contributed by atoms with Gasteiger partial charge in [-0.05, 0) is 24.6 Å². The van der Waals surface area contributed by atoms with Gasteiger partial charge in [0, 0.05) is 0 Å². The second kappa shape index (κ2) is 5.17. The van der Waals surface area contributed by atoms with E-state index in [9.17, 15) is 14.7 Å². The third-order valence-corrected chi connectivity index (χ3v) is 2.25. The number of aryl methyl sites for hydroxylation is 1. The molecule has 2 rings (SSSR count). The van der Waals surface area contributed by atoms with Crippen LogP contribution in [0.1, 0.15) is 5.56 Å². The molecule has 0 spiro atoms. The zero-order chi connectivity index (χ0) is 13.8. The van der Waals surface area contributed by atoms with Crippen LogP contribution in [-0.2, 0) is 9.59 Å². The molecule has 2 amide bonds. The number of amides is 2. The van der Waals surface area contributed by atoms with E-state index < -0.39 is 11.8 Å². The number of H-pyrrole nitrogens is 1. The highest BCUT2D eigenvalue weighted by Gasteiger charge is 2.16. The van der Waals surface area contributed by atoms with Crippen molar-refractivity contribution in [3.8, 4) is 5.75 Å². The second-order valence-electron chi connectivity index (χ2n) is 3.76. The molecule has 2 aromatic rings. The SMILES string of the molecule is Cc1ccc(O)c(NC(=O)C(=O)Nc2ncn[nH]2)c1. The molecule has 0 radical (unpaired) electrons. The van der Waals surface area contributed by atoms with Crippen molar-refractivity contribution < 1.29 is 14.7 Å². The molecule has 0 saturated heterocycles. The molecule has 0 atom stereocenters. The summed E-state index contributed by atoms with van der Waals surface area (Å²) in [4.78, 5) is 26.8. The number of benzene rings is 1. The van der Waals surface area contributed by atoms with Crippen LogP contribution in [0.3, 0.4) is 0 Å². The van der Waals surface area contributed by atoms with Gasteiger partial charge in [0.1, 0.15) is 12.1 Å². The summed E-state index contributed by atoms with van der Waals surface area (Å²) in [5.74, 6) is -1.89. The number of aromatic amines is 1. The molecule has 8 heteroatoms. The number of carbonyl (C=O) groups excluding carboxylic acids is 2. The molecule has 1 aromatic heterocycles. The quantitative estimate of drug-likeness (QED) is 0.460. The van der Waals surface area contributed by atoms with Gasteiger partial charge in [-0.15, -0.1) is 0 Å². The van der Waals surface area contributed by atoms with Crippen LogP contribution in [0.15, 0.2) is 24.5 Å². The first kappa shape index (κ1) is 12.6. The van der Waals surface area contributed by atoms with Crippen LogP contribution in [0.5, 0.6) is 5.75 Å². The maximum atomic E-state index is 11.6. The lowest BCUT2D eigenvalue weighted by Crippen LogP contribution is -2.29. The number of rotatable bonds is 2. The average molecular weight is 261 g/mol. The zero-order valence-corrected chi connectivity index (χ0v) is 9.97. The van der Waals surface area contributed by atoms with Crippen LogP contribution in [0, 0.1) is 6.92 Å². The molecule has 0 fully saturated rings. The van der Waals surface area contributed by atoms with Crippen molar-refractivity contribution in [2.24, 2.45) is 0 Å². The fraction of sp³-hybridized carbons (Fsp3) is 0.0909. The molecular formula is C11H11N5O3. The first-order valence-electron chi connectivity index (χ1n) is 5.33. The molecular weight excluding hydrogens is 250 g/mol. The Morgan fingerprint density at radius 3 is 2.68 bits per heavy atom. The van der Waals surface area contributed by atoms with E-state index in [4.69, 9.17) is 0 Å². The number of aromatic nitrogens is 3. The molecule has 1 heterocycles. The van der Waals surface area contributed by atoms with Crippen LogP contribution in [-0.4, -0.2) is 32.1 Å². The lowest BCUT2D eigenvalue weighted by molar-refractivity contribution is -0.133. The number of nitrogens with zero attached hydrogens (tertiary/aromatic N) is 2. The van der Waals surface area contributed by atoms with Gasteiger partial charge in [-0.3, -0.25) is 14.9 Å². The van der Waals surface area contributed by atoms with Gasteiger partial charge in [0.25, 0.3) is 0 Å². The monoisotopic (exact) mass is 261 g/mol. The average Bonchev–Trinajstić information content (AvgIpc) is 2.86. The minimum Gasteiger partial charge on any atom is -0.506 e. The Labute approximate surface area is 107 Å². The highest BCUT2D eigenvalue weighted by molar-refractivity contribution is 6.43. The summed E-state index contributed by atoms with van der Waals surface area (Å²) in [7, 11) is 0. The van der Waals surface area contributed by atoms with Crippen molar-refractivity contribution in [2.45, 2.75) is 6.92 Å². The number of hydrogen-bond donors (Lipinski definition) is 4. The lowest BCUT2D eigenvalue weighted by Gasteiger charge is -2.07. The Kier molecular flexibility index (Phi) is 3.42. The molecule has 98 valence electrons. The molecule has 0 aliphatic heterocycles. The number of phenols is 1. The Hall–Kier alpha value is -2.90. The summed E-state index contributed by atoms with van der Waals surface area (Å²) in [5, 5.41) is 20.0. The predicted octanol–water partition coefficient (Wildman–Crippen LogP) is 0.396. The number of aromatic hydroxyl groups is 1. The molecule has 4 N–H and O–H groups in total. The van der Waals surface area contributed by atoms with Crippen LogP contribution in [0.2, 0.25) is 0 Å². The number of nitrogens with one attached hydrogen (secondary N) is 3. The third-order valence-electron chi connectivity index (χ3n) is 2.25. The van der Waals surface area contributed by atoms with E-state index >= 15 is 0 Å². The van der Waals surface area contributed by atoms with E-state index in [1.54, 1.807) is 19.1 Å². The van der Waals surface area contributed by atoms with Gasteiger partial charge in [0.15, 0.2) is 0 Å². The van der Waals surface area contributed by atoms with Crippen LogP contribution >= 0.6 is 0 Å². The number of phenolic OH excluding ortho intramolecular Hbond substituents is 1. The normalized spacial score (nSPS) is 9.95. The number of anilines is 2. The standard InChI is InChI=1S/C11H11N5O3/c1-6-2-3-8(17)7(4-6)14-9(18)10(19)15-11-12-5-13-16-11/h2-5,17H,1H3,(H,14,18)(H2,12,13,15,16,19). The summed E-state index contributed by atoms with van der Waals surface area (Å²) < 4.78 is 0. The summed E-state index contributed by atoms with van der Waals surface area (Å²) in [6.07, 6.45) is 1.19. The van der Waals surface area contributed by atoms with Gasteiger partial charge in [0.05, 0.1) is 5.69 Å². The fourth-order valence-corrected chi connectivity index (χ4v) is 1.36. The predicted molar refractivity (Wildman–Crippen MR) is 66.5 cm³/mol. The van der Waals surface area contributed by atoms with Crippen LogP contribution in [0.25, 0.3) is 0 Å². The van der Waals surface area contributed by atoms with Gasteiger partial charge < -0.3 is 10.4 Å². The molecule has 0 bridgehead atoms. The van der Waals surface area contributed by atoms with Crippen molar-refractivity contribution in [3.05, 3.63) is 30.1 Å². The van der Waals surface area contributed by atoms with E-state index in [2.05, 4.69) is 25.8 Å². The Balaban J connectivity index is 2.04. The Morgan fingerprint density at radius 2 is 2.00 bits per heavy atom. The van der Waals surface area contributed by atoms with Crippen molar-refractivity contribution in [3.63, 3.8) is 0 Å². The van der Waals surface area contributed by atoms with Crippen molar-refractivity contribution in [2.75, 3.05) is 10.6 Å². The van der Waals surface area contributed by atoms with Crippen LogP contribution in [0.4, 0.5) is 11.6 Å². The lowest BCUT2D eigenvalue weighted by atomic mass is 10.2. The highest BCUT2D eigenvalue weighted by atomic mass is 16.3. The minimum absolute atomic E-state index is 0.0635. The molecule has 0 aliphatic rings. The Bertz CT molecular complexity index is 609. The van der Waals surface area contributed by atoms with E-state index in [-0.39, 0.29) is 17.4 Å². The minimum atomic E-state index is -0.919. The molecule has 8 nitrogen and oxygen atoms in total. The van der Waals surface area contributed by atoms with Crippen molar-refractivity contribution in [1.29, 1.82) is 0 Å². The van der Waals surface area contributed by atoms with Gasteiger partial charge in [-0.1, -0.05) is 6.07 Å². The largest absolute Gasteiger partial charge is 0.506 e. The summed E-state index contributed by atoms with van der Waals surface area (Å²) in [6, 6.07) is 4.66. The van der Waals surface area contributed by atoms with E-state index in [1.807, 2.05) is 0 Å². The zero-order valence-electron chi connectivity index (χ0n) is 9.97. The first-order valence-corrected chi connectivity index (χ1v) is 5.33. The van der Waals surface area contributed by atoms with Gasteiger partial charge >= 0.3 is 11.8 Å². The van der Waals surface area contributed by atoms with Gasteiger partial charge in [-0.2, -0.15) is 10.1 Å². The maximum absolute atomic E-state index is 11.6. The van der Waals surface area contributed by atoms with E-state index in [0.29, 0.717) is 0 Å². The summed E-state index contributed by atoms with van der Waals surface area (Å²) in [5.41, 5.74) is 1.00. The van der Waals surface area contributed by atoms with Gasteiger partial charge in [0.2, 0.25) is 5.95 Å². The fourth-order valence-electron chi connectivity index (χ4n) is 1.36. The molecule has 19 heavy (non-hydrogen) atoms. The third kappa shape index (κ3) is 3.06. The smallest absolute Gasteiger partial charge is 0.316 e. The molecule has 0 saturated carbocycles. The summed E-state index contributed by atoms with van der Waals surface area (Å²) in [6.45, 7) is 1.80. The first-order chi connectivity index (χ1) is 9.06. The highest BCUT2D eigenvalue weighted by Crippen LogP contribution is 2.23. The maximum Gasteiger partial charge on any atom is 0.316 e. The Morgan fingerprint density at radius 1 is 1.26 bits per heavy atom. The topological polar surface area (TPSA) is 120 Å². The number of carbonyl (C=O) groups is 2. The second-order valence-corrected chi connectivity index (χ2v) is 3.76. The molecule has 1 aromatic carbocycles. The molecule has 0 unspecified atom stereocenters. The van der Waals surface area contributed by atoms with Crippen LogP contribution < -0.4 is 10.6 Å². The van der Waals surface area contributed by atoms with E-state index in [1.165, 1.54) is 12.4 Å². The van der Waals surface area contributed by atoms with Crippen molar-refractivity contribution >= 4 is 23.5 Å². The number of hydrogen-bond acceptors (Lipinski definition) is 5. The van der Waals surface area contributed by atoms with Gasteiger partial charge in [-0.25, -0.2) is 5.10 Å². The van der Waals surface area contributed by atoms with E-state index in [0.717, 1.165) is 5.56 Å².